The minimum absolute atomic E-state index is 0.0213. The molecule has 0 bridgehead atoms. The van der Waals surface area contributed by atoms with E-state index in [1.165, 1.54) is 21.3 Å². The van der Waals surface area contributed by atoms with E-state index in [-0.39, 0.29) is 18.8 Å². The van der Waals surface area contributed by atoms with E-state index in [0.717, 1.165) is 0 Å². The minimum atomic E-state index is -0.125. The van der Waals surface area contributed by atoms with Gasteiger partial charge in [-0.05, 0) is 6.42 Å². The van der Waals surface area contributed by atoms with E-state index in [1.807, 2.05) is 0 Å². The molecule has 0 fully saturated rings. The third-order valence-electron chi connectivity index (χ3n) is 2.56. The Bertz CT molecular complexity index is 389. The van der Waals surface area contributed by atoms with Crippen LogP contribution in [0.4, 0.5) is 0 Å². The number of aliphatic hydroxyl groups excluding tert-OH is 1. The normalized spacial score (nSPS) is 10.0. The summed E-state index contributed by atoms with van der Waals surface area (Å²) in [6.07, 6.45) is 0.659. The lowest BCUT2D eigenvalue weighted by molar-refractivity contribution is 0.0965. The molecule has 0 spiro atoms. The van der Waals surface area contributed by atoms with Crippen molar-refractivity contribution in [3.8, 4) is 17.2 Å². The van der Waals surface area contributed by atoms with Gasteiger partial charge in [0, 0.05) is 25.2 Å². The Kier molecular flexibility index (Phi) is 5.45. The molecule has 0 unspecified atom stereocenters. The van der Waals surface area contributed by atoms with Crippen molar-refractivity contribution in [2.24, 2.45) is 0 Å². The number of carbonyl (C=O) groups excluding carboxylic acids is 1. The van der Waals surface area contributed by atoms with Crippen molar-refractivity contribution in [1.29, 1.82) is 0 Å². The highest BCUT2D eigenvalue weighted by atomic mass is 16.5. The molecule has 0 radical (unpaired) electrons. The predicted molar refractivity (Wildman–Crippen MR) is 66.7 cm³/mol. The van der Waals surface area contributed by atoms with Gasteiger partial charge < -0.3 is 19.3 Å². The van der Waals surface area contributed by atoms with Crippen LogP contribution in [0.25, 0.3) is 0 Å². The largest absolute Gasteiger partial charge is 0.496 e. The summed E-state index contributed by atoms with van der Waals surface area (Å²) in [6.45, 7) is -0.0213. The van der Waals surface area contributed by atoms with Crippen molar-refractivity contribution in [2.45, 2.75) is 12.8 Å². The molecule has 1 aromatic carbocycles. The van der Waals surface area contributed by atoms with Gasteiger partial charge in [-0.2, -0.15) is 0 Å². The summed E-state index contributed by atoms with van der Waals surface area (Å²) in [5.74, 6) is 1.26. The van der Waals surface area contributed by atoms with Crippen LogP contribution in [0.3, 0.4) is 0 Å². The number of hydrogen-bond donors (Lipinski definition) is 1. The van der Waals surface area contributed by atoms with Crippen LogP contribution < -0.4 is 14.2 Å². The fourth-order valence-corrected chi connectivity index (χ4v) is 1.65. The van der Waals surface area contributed by atoms with Crippen LogP contribution in [0.5, 0.6) is 17.2 Å². The molecular formula is C13H18O5. The van der Waals surface area contributed by atoms with E-state index in [9.17, 15) is 4.79 Å². The monoisotopic (exact) mass is 254 g/mol. The van der Waals surface area contributed by atoms with Crippen molar-refractivity contribution in [3.63, 3.8) is 0 Å². The average molecular weight is 254 g/mol. The zero-order valence-corrected chi connectivity index (χ0v) is 10.9. The summed E-state index contributed by atoms with van der Waals surface area (Å²) in [5.41, 5.74) is 0.384. The zero-order valence-electron chi connectivity index (χ0n) is 10.9. The van der Waals surface area contributed by atoms with Gasteiger partial charge >= 0.3 is 0 Å². The van der Waals surface area contributed by atoms with Crippen LogP contribution in [-0.4, -0.2) is 38.8 Å². The van der Waals surface area contributed by atoms with E-state index in [4.69, 9.17) is 19.3 Å². The molecule has 5 heteroatoms. The second kappa shape index (κ2) is 6.86. The molecular weight excluding hydrogens is 236 g/mol. The van der Waals surface area contributed by atoms with E-state index in [2.05, 4.69) is 0 Å². The molecule has 5 nitrogen and oxygen atoms in total. The number of ether oxygens (including phenoxy) is 3. The van der Waals surface area contributed by atoms with E-state index in [0.29, 0.717) is 29.2 Å². The summed E-state index contributed by atoms with van der Waals surface area (Å²) in [7, 11) is 4.50. The third kappa shape index (κ3) is 3.13. The van der Waals surface area contributed by atoms with Crippen LogP contribution in [0.15, 0.2) is 12.1 Å². The van der Waals surface area contributed by atoms with E-state index < -0.39 is 0 Å². The Morgan fingerprint density at radius 2 is 1.67 bits per heavy atom. The fraction of sp³-hybridized carbons (Fsp3) is 0.462. The van der Waals surface area contributed by atoms with Gasteiger partial charge in [-0.1, -0.05) is 0 Å². The van der Waals surface area contributed by atoms with Crippen molar-refractivity contribution in [3.05, 3.63) is 17.7 Å². The molecule has 1 aromatic rings. The summed E-state index contributed by atoms with van der Waals surface area (Å²) in [6, 6.07) is 3.27. The SMILES string of the molecule is COc1cc(OC)c(C(=O)CCCO)c(OC)c1. The highest BCUT2D eigenvalue weighted by Gasteiger charge is 2.19. The molecule has 0 atom stereocenters. The number of methoxy groups -OCH3 is 3. The first-order valence-electron chi connectivity index (χ1n) is 5.62. The maximum atomic E-state index is 12.1. The van der Waals surface area contributed by atoms with Gasteiger partial charge in [0.05, 0.1) is 21.3 Å². The van der Waals surface area contributed by atoms with Crippen LogP contribution in [0.2, 0.25) is 0 Å². The van der Waals surface area contributed by atoms with E-state index >= 15 is 0 Å². The maximum Gasteiger partial charge on any atom is 0.170 e. The molecule has 0 heterocycles. The maximum absolute atomic E-state index is 12.1. The first-order chi connectivity index (χ1) is 8.67. The Balaban J connectivity index is 3.18. The number of ketones is 1. The Morgan fingerprint density at radius 1 is 1.11 bits per heavy atom. The Hall–Kier alpha value is -1.75. The third-order valence-corrected chi connectivity index (χ3v) is 2.56. The second-order valence-corrected chi connectivity index (χ2v) is 3.66. The lowest BCUT2D eigenvalue weighted by atomic mass is 10.0. The summed E-state index contributed by atoms with van der Waals surface area (Å²) < 4.78 is 15.5. The van der Waals surface area contributed by atoms with Crippen LogP contribution in [0.1, 0.15) is 23.2 Å². The van der Waals surface area contributed by atoms with Crippen molar-refractivity contribution in [2.75, 3.05) is 27.9 Å². The molecule has 0 aliphatic heterocycles. The van der Waals surface area contributed by atoms with Gasteiger partial charge in [-0.15, -0.1) is 0 Å². The van der Waals surface area contributed by atoms with Gasteiger partial charge in [0.25, 0.3) is 0 Å². The molecule has 0 saturated carbocycles. The fourth-order valence-electron chi connectivity index (χ4n) is 1.65. The quantitative estimate of drug-likeness (QED) is 0.750. The number of rotatable bonds is 7. The molecule has 0 aliphatic carbocycles. The van der Waals surface area contributed by atoms with Crippen molar-refractivity contribution < 1.29 is 24.1 Å². The lowest BCUT2D eigenvalue weighted by Crippen LogP contribution is -2.06. The molecule has 100 valence electrons. The summed E-state index contributed by atoms with van der Waals surface area (Å²) in [5, 5.41) is 8.76. The smallest absolute Gasteiger partial charge is 0.170 e. The minimum Gasteiger partial charge on any atom is -0.496 e. The van der Waals surface area contributed by atoms with Crippen LogP contribution >= 0.6 is 0 Å². The van der Waals surface area contributed by atoms with Gasteiger partial charge in [0.2, 0.25) is 0 Å². The second-order valence-electron chi connectivity index (χ2n) is 3.66. The van der Waals surface area contributed by atoms with Gasteiger partial charge in [0.1, 0.15) is 22.8 Å². The summed E-state index contributed by atoms with van der Waals surface area (Å²) >= 11 is 0. The predicted octanol–water partition coefficient (Wildman–Crippen LogP) is 1.67. The number of benzene rings is 1. The molecule has 0 saturated heterocycles. The number of hydrogen-bond acceptors (Lipinski definition) is 5. The highest BCUT2D eigenvalue weighted by Crippen LogP contribution is 2.34. The van der Waals surface area contributed by atoms with Gasteiger partial charge in [-0.25, -0.2) is 0 Å². The molecule has 18 heavy (non-hydrogen) atoms. The Labute approximate surface area is 106 Å². The topological polar surface area (TPSA) is 65.0 Å². The molecule has 0 amide bonds. The Morgan fingerprint density at radius 3 is 2.06 bits per heavy atom. The zero-order chi connectivity index (χ0) is 13.5. The molecule has 1 N–H and O–H groups in total. The molecule has 1 rings (SSSR count). The van der Waals surface area contributed by atoms with Gasteiger partial charge in [0.15, 0.2) is 5.78 Å². The van der Waals surface area contributed by atoms with Gasteiger partial charge in [-0.3, -0.25) is 4.79 Å². The average Bonchev–Trinajstić information content (AvgIpc) is 2.42. The first kappa shape index (κ1) is 14.3. The van der Waals surface area contributed by atoms with Crippen molar-refractivity contribution in [1.82, 2.24) is 0 Å². The number of aliphatic hydroxyl groups is 1. The van der Waals surface area contributed by atoms with Crippen LogP contribution in [0, 0.1) is 0 Å². The molecule has 0 aliphatic rings. The number of Topliss-reactive ketones (excluding diaryl/α,β-unsaturated/α-hetero) is 1. The van der Waals surface area contributed by atoms with Crippen LogP contribution in [-0.2, 0) is 0 Å². The first-order valence-corrected chi connectivity index (χ1v) is 5.62. The lowest BCUT2D eigenvalue weighted by Gasteiger charge is -2.14. The summed E-state index contributed by atoms with van der Waals surface area (Å²) in [4.78, 5) is 12.1. The molecule has 0 aromatic heterocycles. The standard InChI is InChI=1S/C13H18O5/c1-16-9-7-11(17-2)13(12(8-9)18-3)10(15)5-4-6-14/h7-8,14H,4-6H2,1-3H3. The highest BCUT2D eigenvalue weighted by molar-refractivity contribution is 6.01. The number of carbonyl (C=O) groups is 1. The van der Waals surface area contributed by atoms with E-state index in [1.54, 1.807) is 12.1 Å². The van der Waals surface area contributed by atoms with Crippen molar-refractivity contribution >= 4 is 5.78 Å².